The first-order valence-corrected chi connectivity index (χ1v) is 14.0. The zero-order valence-corrected chi connectivity index (χ0v) is 25.4. The first kappa shape index (κ1) is 31.8. The Labute approximate surface area is 270 Å². The highest BCUT2D eigenvalue weighted by Crippen LogP contribution is 2.24. The van der Waals surface area contributed by atoms with Gasteiger partial charge in [-0.25, -0.2) is 9.50 Å². The number of aryl methyl sites for hydroxylation is 1. The number of carbonyl (C=O) groups excluding carboxylic acids is 1. The van der Waals surface area contributed by atoms with E-state index in [1.165, 1.54) is 15.3 Å². The van der Waals surface area contributed by atoms with Crippen LogP contribution in [0.3, 0.4) is 0 Å². The number of pyridine rings is 1. The van der Waals surface area contributed by atoms with Crippen molar-refractivity contribution in [2.45, 2.75) is 26.4 Å². The van der Waals surface area contributed by atoms with Crippen molar-refractivity contribution in [3.8, 4) is 24.2 Å². The van der Waals surface area contributed by atoms with Crippen molar-refractivity contribution in [3.05, 3.63) is 109 Å². The lowest BCUT2D eigenvalue weighted by molar-refractivity contribution is 0.0940. The fourth-order valence-corrected chi connectivity index (χ4v) is 4.92. The number of hydrogen-bond acceptors (Lipinski definition) is 6. The number of nitrogens with zero attached hydrogens (tertiary/aromatic N) is 6. The van der Waals surface area contributed by atoms with E-state index in [9.17, 15) is 9.59 Å². The maximum atomic E-state index is 14.3. The van der Waals surface area contributed by atoms with Crippen molar-refractivity contribution in [3.63, 3.8) is 0 Å². The van der Waals surface area contributed by atoms with E-state index in [4.69, 9.17) is 43.5 Å². The Morgan fingerprint density at radius 1 is 1.13 bits per heavy atom. The topological polar surface area (TPSA) is 125 Å². The van der Waals surface area contributed by atoms with Gasteiger partial charge in [-0.2, -0.15) is 5.10 Å². The Kier molecular flexibility index (Phi) is 8.84. The first-order chi connectivity index (χ1) is 21.9. The number of allylic oxidation sites excluding steroid dienone is 4. The minimum atomic E-state index is -0.742. The molecule has 1 atom stereocenters. The van der Waals surface area contributed by atoms with E-state index in [-0.39, 0.29) is 45.5 Å². The third kappa shape index (κ3) is 5.90. The zero-order chi connectivity index (χ0) is 33.3. The Hall–Kier alpha value is -5.61. The summed E-state index contributed by atoms with van der Waals surface area (Å²) < 4.78 is 4.52. The molecule has 0 bridgehead atoms. The molecule has 5 rings (SSSR count). The van der Waals surface area contributed by atoms with Crippen molar-refractivity contribution >= 4 is 59.5 Å². The highest BCUT2D eigenvalue weighted by molar-refractivity contribution is 6.44. The van der Waals surface area contributed by atoms with Gasteiger partial charge < -0.3 is 15.6 Å². The van der Waals surface area contributed by atoms with Crippen LogP contribution in [0.5, 0.6) is 0 Å². The van der Waals surface area contributed by atoms with Crippen LogP contribution in [0.1, 0.15) is 45.8 Å². The fourth-order valence-electron chi connectivity index (χ4n) is 4.92. The number of terminal acetylenes is 1. The zero-order valence-electron chi connectivity index (χ0n) is 25.4. The van der Waals surface area contributed by atoms with Gasteiger partial charge >= 0.3 is 0 Å². The normalized spacial score (nSPS) is 12.9. The molecular weight excluding hydrogens is 572 g/mol. The van der Waals surface area contributed by atoms with Gasteiger partial charge in [0.05, 0.1) is 28.9 Å². The third-order valence-corrected chi connectivity index (χ3v) is 7.59. The van der Waals surface area contributed by atoms with Crippen LogP contribution in [0, 0.1) is 31.1 Å². The monoisotopic (exact) mass is 596 g/mol. The van der Waals surface area contributed by atoms with Crippen LogP contribution in [0.25, 0.3) is 16.4 Å². The lowest BCUT2D eigenvalue weighted by atomic mass is 9.66. The molecule has 1 amide bonds. The van der Waals surface area contributed by atoms with Gasteiger partial charge in [-0.15, -0.1) is 27.9 Å². The predicted molar refractivity (Wildman–Crippen MR) is 181 cm³/mol. The Morgan fingerprint density at radius 2 is 1.87 bits per heavy atom. The second-order valence-corrected chi connectivity index (χ2v) is 10.5. The van der Waals surface area contributed by atoms with Gasteiger partial charge in [0.25, 0.3) is 11.5 Å². The molecule has 46 heavy (non-hydrogen) atoms. The molecule has 0 saturated heterocycles. The standard InChI is InChI=1S/C32H24B4N8O2/c1-5-22(33)27(35)28(36)23(34)16-43-24(17(2)40-31(45)26-29(37)41-44-13-7-12-38-30(26)44)14-20-9-6-8-19(25(20)32(43)46)10-11-21-15-39-42(4)18(21)3/h1,6-9,12-15,17H,16H2,2-4H3,(H2,37,41)(H,40,45)/b27-22-,28-23-/t17-/m0/s1. The minimum Gasteiger partial charge on any atom is -0.381 e. The number of aromatic nitrogens is 6. The van der Waals surface area contributed by atoms with Crippen molar-refractivity contribution in [2.24, 2.45) is 7.05 Å². The largest absolute Gasteiger partial charge is 0.381 e. The molecule has 0 spiro atoms. The van der Waals surface area contributed by atoms with Crippen LogP contribution in [0.15, 0.2) is 75.6 Å². The second-order valence-electron chi connectivity index (χ2n) is 10.5. The van der Waals surface area contributed by atoms with Crippen LogP contribution in [0.2, 0.25) is 0 Å². The predicted octanol–water partition coefficient (Wildman–Crippen LogP) is 1.29. The molecule has 0 unspecified atom stereocenters. The molecule has 4 aromatic heterocycles. The number of rotatable bonds is 6. The molecule has 0 fully saturated rings. The average molecular weight is 596 g/mol. The first-order valence-electron chi connectivity index (χ1n) is 14.0. The number of nitrogens with two attached hydrogens (primary N) is 1. The van der Waals surface area contributed by atoms with Gasteiger partial charge in [-0.05, 0) is 37.4 Å². The molecule has 0 aliphatic rings. The van der Waals surface area contributed by atoms with E-state index >= 15 is 0 Å². The number of fused-ring (bicyclic) bond motifs is 2. The van der Waals surface area contributed by atoms with Crippen LogP contribution in [-0.4, -0.2) is 66.2 Å². The summed E-state index contributed by atoms with van der Waals surface area (Å²) in [4.78, 5) is 32.1. The summed E-state index contributed by atoms with van der Waals surface area (Å²) in [6, 6.07) is 8.03. The summed E-state index contributed by atoms with van der Waals surface area (Å²) in [5.74, 6) is 7.91. The summed E-state index contributed by atoms with van der Waals surface area (Å²) in [5.41, 5.74) is 8.28. The number of amides is 1. The molecule has 4 heterocycles. The van der Waals surface area contributed by atoms with Gasteiger partial charge in [-0.1, -0.05) is 35.4 Å². The number of nitrogens with one attached hydrogen (secondary N) is 1. The molecule has 0 saturated carbocycles. The number of anilines is 1. The minimum absolute atomic E-state index is 0.000290. The fraction of sp³-hybridized carbons (Fsp3) is 0.156. The van der Waals surface area contributed by atoms with Crippen molar-refractivity contribution < 1.29 is 4.79 Å². The van der Waals surface area contributed by atoms with E-state index < -0.39 is 17.5 Å². The molecule has 5 aromatic rings. The number of hydrogen-bond donors (Lipinski definition) is 2. The molecular formula is C32H24B4N8O2. The van der Waals surface area contributed by atoms with Crippen molar-refractivity contribution in [1.82, 2.24) is 34.3 Å². The summed E-state index contributed by atoms with van der Waals surface area (Å²) in [7, 11) is 26.2. The molecule has 14 heteroatoms. The molecule has 1 aromatic carbocycles. The highest BCUT2D eigenvalue weighted by atomic mass is 16.2. The van der Waals surface area contributed by atoms with Crippen molar-refractivity contribution in [1.29, 1.82) is 0 Å². The Morgan fingerprint density at radius 3 is 2.57 bits per heavy atom. The summed E-state index contributed by atoms with van der Waals surface area (Å²) >= 11 is 0. The van der Waals surface area contributed by atoms with Crippen molar-refractivity contribution in [2.75, 3.05) is 5.73 Å². The smallest absolute Gasteiger partial charge is 0.260 e. The number of benzene rings is 1. The SMILES string of the molecule is [B]/C(C#C)=C([B])/C([B])=C(/[B])Cn1c([C@H](C)NC(=O)c2c(N)nn3cccnc23)cc2cccc(C#Cc3cnn(C)c3C)c2c1=O. The quantitative estimate of drug-likeness (QED) is 0.173. The lowest BCUT2D eigenvalue weighted by Gasteiger charge is -2.23. The maximum absolute atomic E-state index is 14.3. The summed E-state index contributed by atoms with van der Waals surface area (Å²) in [5, 5.41) is 12.2. The molecule has 8 radical (unpaired) electrons. The molecule has 3 N–H and O–H groups in total. The third-order valence-electron chi connectivity index (χ3n) is 7.59. The van der Waals surface area contributed by atoms with Gasteiger partial charge in [0, 0.05) is 37.2 Å². The van der Waals surface area contributed by atoms with E-state index in [2.05, 4.69) is 38.3 Å². The van der Waals surface area contributed by atoms with Gasteiger partial charge in [0.2, 0.25) is 0 Å². The van der Waals surface area contributed by atoms with Crippen LogP contribution >= 0.6 is 0 Å². The molecule has 0 aliphatic heterocycles. The second kappa shape index (κ2) is 12.8. The van der Waals surface area contributed by atoms with Gasteiger partial charge in [0.1, 0.15) is 36.9 Å². The van der Waals surface area contributed by atoms with Gasteiger partial charge in [0.15, 0.2) is 11.5 Å². The van der Waals surface area contributed by atoms with E-state index in [1.807, 2.05) is 14.0 Å². The van der Waals surface area contributed by atoms with Gasteiger partial charge in [-0.3, -0.25) is 14.3 Å². The maximum Gasteiger partial charge on any atom is 0.260 e. The average Bonchev–Trinajstić information content (AvgIpc) is 3.56. The van der Waals surface area contributed by atoms with E-state index in [0.29, 0.717) is 22.0 Å². The lowest BCUT2D eigenvalue weighted by Crippen LogP contribution is -2.33. The number of carbonyl (C=O) groups is 1. The summed E-state index contributed by atoms with van der Waals surface area (Å²) in [6.07, 6.45) is 10.2. The van der Waals surface area contributed by atoms with Crippen LogP contribution in [-0.2, 0) is 13.6 Å². The van der Waals surface area contributed by atoms with E-state index in [0.717, 1.165) is 11.3 Å². The summed E-state index contributed by atoms with van der Waals surface area (Å²) in [6.45, 7) is 3.41. The number of nitrogen functional groups attached to an aromatic ring is 1. The Balaban J connectivity index is 1.66. The van der Waals surface area contributed by atoms with Crippen LogP contribution < -0.4 is 16.6 Å². The molecule has 10 nitrogen and oxygen atoms in total. The van der Waals surface area contributed by atoms with E-state index in [1.54, 1.807) is 54.3 Å². The highest BCUT2D eigenvalue weighted by Gasteiger charge is 2.23. The molecule has 216 valence electrons. The Bertz CT molecular complexity index is 2280. The van der Waals surface area contributed by atoms with Crippen LogP contribution in [0.4, 0.5) is 5.82 Å². The molecule has 0 aliphatic carbocycles.